The summed E-state index contributed by atoms with van der Waals surface area (Å²) >= 11 is 0. The van der Waals surface area contributed by atoms with Gasteiger partial charge in [0, 0.05) is 31.2 Å². The predicted molar refractivity (Wildman–Crippen MR) is 74.5 cm³/mol. The molecule has 1 aromatic carbocycles. The van der Waals surface area contributed by atoms with Crippen molar-refractivity contribution in [2.24, 2.45) is 0 Å². The predicted octanol–water partition coefficient (Wildman–Crippen LogP) is 2.12. The summed E-state index contributed by atoms with van der Waals surface area (Å²) < 4.78 is 14.8. The van der Waals surface area contributed by atoms with Crippen LogP contribution in [-0.2, 0) is 0 Å². The summed E-state index contributed by atoms with van der Waals surface area (Å²) in [6, 6.07) is 7.56. The Balaban J connectivity index is 1.97. The van der Waals surface area contributed by atoms with Gasteiger partial charge >= 0.3 is 6.03 Å². The highest BCUT2D eigenvalue weighted by molar-refractivity contribution is 5.89. The van der Waals surface area contributed by atoms with Crippen LogP contribution < -0.4 is 10.6 Å². The lowest BCUT2D eigenvalue weighted by molar-refractivity contribution is 0.249. The lowest BCUT2D eigenvalue weighted by atomic mass is 10.3. The maximum absolute atomic E-state index is 13.1. The molecule has 106 valence electrons. The molecule has 0 saturated carbocycles. The molecule has 1 heterocycles. The average Bonchev–Trinajstić information content (AvgIpc) is 2.87. The molecule has 1 aromatic heterocycles. The van der Waals surface area contributed by atoms with E-state index in [1.54, 1.807) is 35.2 Å². The Hall–Kier alpha value is -2.34. The number of aliphatic hydroxyl groups is 1. The van der Waals surface area contributed by atoms with E-state index in [2.05, 4.69) is 10.6 Å². The Morgan fingerprint density at radius 1 is 1.35 bits per heavy atom. The van der Waals surface area contributed by atoms with E-state index in [4.69, 9.17) is 5.11 Å². The largest absolute Gasteiger partial charge is 0.396 e. The molecule has 0 aliphatic rings. The van der Waals surface area contributed by atoms with E-state index in [1.807, 2.05) is 0 Å². The molecule has 0 radical (unpaired) electrons. The number of aromatic nitrogens is 1. The normalized spacial score (nSPS) is 10.3. The topological polar surface area (TPSA) is 66.3 Å². The van der Waals surface area contributed by atoms with Crippen LogP contribution in [0.3, 0.4) is 0 Å². The zero-order valence-corrected chi connectivity index (χ0v) is 10.8. The molecule has 0 spiro atoms. The van der Waals surface area contributed by atoms with Crippen molar-refractivity contribution in [3.63, 3.8) is 0 Å². The van der Waals surface area contributed by atoms with Crippen molar-refractivity contribution in [3.05, 3.63) is 48.5 Å². The van der Waals surface area contributed by atoms with E-state index in [-0.39, 0.29) is 18.5 Å². The van der Waals surface area contributed by atoms with Gasteiger partial charge < -0.3 is 20.3 Å². The summed E-state index contributed by atoms with van der Waals surface area (Å²) in [5.41, 5.74) is 1.29. The monoisotopic (exact) mass is 277 g/mol. The number of aliphatic hydroxyl groups excluding tert-OH is 1. The van der Waals surface area contributed by atoms with E-state index in [9.17, 15) is 9.18 Å². The van der Waals surface area contributed by atoms with Gasteiger partial charge in [0.05, 0.1) is 5.69 Å². The molecule has 0 bridgehead atoms. The van der Waals surface area contributed by atoms with Gasteiger partial charge in [-0.25, -0.2) is 9.18 Å². The maximum Gasteiger partial charge on any atom is 0.319 e. The third-order valence-electron chi connectivity index (χ3n) is 2.68. The van der Waals surface area contributed by atoms with Crippen LogP contribution in [0.1, 0.15) is 6.42 Å². The lowest BCUT2D eigenvalue weighted by Crippen LogP contribution is -2.29. The minimum atomic E-state index is -0.338. The summed E-state index contributed by atoms with van der Waals surface area (Å²) in [6.07, 6.45) is 3.94. The van der Waals surface area contributed by atoms with Crippen molar-refractivity contribution in [1.29, 1.82) is 0 Å². The van der Waals surface area contributed by atoms with Crippen molar-refractivity contribution < 1.29 is 14.3 Å². The van der Waals surface area contributed by atoms with Crippen LogP contribution in [-0.4, -0.2) is 28.9 Å². The number of hydrogen-bond donors (Lipinski definition) is 3. The van der Waals surface area contributed by atoms with Gasteiger partial charge in [-0.3, -0.25) is 0 Å². The SMILES string of the molecule is O=C(NCCCO)Nc1ccn(-c2cccc(F)c2)c1. The molecular weight excluding hydrogens is 261 g/mol. The van der Waals surface area contributed by atoms with Crippen molar-refractivity contribution in [2.45, 2.75) is 6.42 Å². The second-order valence-electron chi connectivity index (χ2n) is 4.25. The number of nitrogens with one attached hydrogen (secondary N) is 2. The summed E-state index contributed by atoms with van der Waals surface area (Å²) in [6.45, 7) is 0.448. The second-order valence-corrected chi connectivity index (χ2v) is 4.25. The zero-order chi connectivity index (χ0) is 14.4. The number of carbonyl (C=O) groups excluding carboxylic acids is 1. The minimum Gasteiger partial charge on any atom is -0.396 e. The number of nitrogens with zero attached hydrogens (tertiary/aromatic N) is 1. The number of urea groups is 1. The molecule has 5 nitrogen and oxygen atoms in total. The number of benzene rings is 1. The van der Waals surface area contributed by atoms with Gasteiger partial charge in [-0.2, -0.15) is 0 Å². The standard InChI is InChI=1S/C14H16FN3O2/c15-11-3-1-4-13(9-11)18-7-5-12(10-18)17-14(20)16-6-2-8-19/h1,3-5,7,9-10,19H,2,6,8H2,(H2,16,17,20). The Bertz CT molecular complexity index is 583. The first-order chi connectivity index (χ1) is 9.69. The highest BCUT2D eigenvalue weighted by Crippen LogP contribution is 2.15. The Morgan fingerprint density at radius 2 is 2.20 bits per heavy atom. The van der Waals surface area contributed by atoms with Crippen LogP contribution in [0.4, 0.5) is 14.9 Å². The summed E-state index contributed by atoms with van der Waals surface area (Å²) in [5, 5.41) is 13.9. The molecule has 2 aromatic rings. The fourth-order valence-electron chi connectivity index (χ4n) is 1.72. The highest BCUT2D eigenvalue weighted by Gasteiger charge is 2.04. The number of rotatable bonds is 5. The van der Waals surface area contributed by atoms with Crippen molar-refractivity contribution in [2.75, 3.05) is 18.5 Å². The van der Waals surface area contributed by atoms with Crippen molar-refractivity contribution in [3.8, 4) is 5.69 Å². The molecule has 3 N–H and O–H groups in total. The minimum absolute atomic E-state index is 0.0379. The van der Waals surface area contributed by atoms with E-state index >= 15 is 0 Å². The maximum atomic E-state index is 13.1. The molecule has 2 rings (SSSR count). The van der Waals surface area contributed by atoms with Gasteiger partial charge in [0.25, 0.3) is 0 Å². The Labute approximate surface area is 116 Å². The van der Waals surface area contributed by atoms with Crippen molar-refractivity contribution in [1.82, 2.24) is 9.88 Å². The number of halogens is 1. The lowest BCUT2D eigenvalue weighted by Gasteiger charge is -2.05. The van der Waals surface area contributed by atoms with Gasteiger partial charge in [-0.1, -0.05) is 6.07 Å². The van der Waals surface area contributed by atoms with Gasteiger partial charge in [-0.15, -0.1) is 0 Å². The third kappa shape index (κ3) is 3.83. The van der Waals surface area contributed by atoms with Crippen LogP contribution in [0.2, 0.25) is 0 Å². The van der Waals surface area contributed by atoms with Crippen LogP contribution in [0.15, 0.2) is 42.7 Å². The summed E-state index contributed by atoms with van der Waals surface area (Å²) in [7, 11) is 0. The quantitative estimate of drug-likeness (QED) is 0.733. The van der Waals surface area contributed by atoms with Crippen molar-refractivity contribution >= 4 is 11.7 Å². The van der Waals surface area contributed by atoms with Crippen LogP contribution in [0, 0.1) is 5.82 Å². The molecule has 0 unspecified atom stereocenters. The first-order valence-corrected chi connectivity index (χ1v) is 6.28. The molecule has 0 atom stereocenters. The van der Waals surface area contributed by atoms with E-state index in [0.717, 1.165) is 0 Å². The molecule has 6 heteroatoms. The smallest absolute Gasteiger partial charge is 0.319 e. The Morgan fingerprint density at radius 3 is 2.95 bits per heavy atom. The zero-order valence-electron chi connectivity index (χ0n) is 10.8. The highest BCUT2D eigenvalue weighted by atomic mass is 19.1. The van der Waals surface area contributed by atoms with E-state index < -0.39 is 0 Å². The van der Waals surface area contributed by atoms with Gasteiger partial charge in [0.1, 0.15) is 5.82 Å². The molecule has 0 aliphatic heterocycles. The van der Waals surface area contributed by atoms with Crippen LogP contribution in [0.25, 0.3) is 5.69 Å². The molecule has 0 saturated heterocycles. The van der Waals surface area contributed by atoms with Gasteiger partial charge in [-0.05, 0) is 30.7 Å². The molecule has 0 fully saturated rings. The van der Waals surface area contributed by atoms with E-state index in [1.165, 1.54) is 12.1 Å². The summed E-state index contributed by atoms with van der Waals surface area (Å²) in [4.78, 5) is 11.5. The molecule has 0 aliphatic carbocycles. The number of carbonyl (C=O) groups is 1. The summed E-state index contributed by atoms with van der Waals surface area (Å²) in [5.74, 6) is -0.313. The van der Waals surface area contributed by atoms with Crippen LogP contribution >= 0.6 is 0 Å². The average molecular weight is 277 g/mol. The second kappa shape index (κ2) is 6.72. The molecule has 2 amide bonds. The fourth-order valence-corrected chi connectivity index (χ4v) is 1.72. The van der Waals surface area contributed by atoms with E-state index in [0.29, 0.717) is 24.3 Å². The van der Waals surface area contributed by atoms with Crippen LogP contribution in [0.5, 0.6) is 0 Å². The van der Waals surface area contributed by atoms with Gasteiger partial charge in [0.15, 0.2) is 0 Å². The molecule has 20 heavy (non-hydrogen) atoms. The van der Waals surface area contributed by atoms with Gasteiger partial charge in [0.2, 0.25) is 0 Å². The third-order valence-corrected chi connectivity index (χ3v) is 2.68. The number of anilines is 1. The first-order valence-electron chi connectivity index (χ1n) is 6.28. The Kier molecular flexibility index (Phi) is 4.73. The first kappa shape index (κ1) is 14.1. The number of amides is 2. The number of hydrogen-bond acceptors (Lipinski definition) is 2. The molecular formula is C14H16FN3O2. The fraction of sp³-hybridized carbons (Fsp3) is 0.214.